The van der Waals surface area contributed by atoms with E-state index in [1.54, 1.807) is 11.1 Å². The molecule has 0 bridgehead atoms. The molecule has 0 radical (unpaired) electrons. The molecule has 1 aliphatic heterocycles. The molecule has 3 aliphatic rings. The summed E-state index contributed by atoms with van der Waals surface area (Å²) < 4.78 is 1.96. The summed E-state index contributed by atoms with van der Waals surface area (Å²) in [4.78, 5) is 24.2. The van der Waals surface area contributed by atoms with E-state index in [0.717, 1.165) is 57.1 Å². The van der Waals surface area contributed by atoms with Gasteiger partial charge in [-0.3, -0.25) is 14.6 Å². The zero-order chi connectivity index (χ0) is 25.4. The molecule has 2 saturated carbocycles. The van der Waals surface area contributed by atoms with Crippen LogP contribution in [0.5, 0.6) is 0 Å². The molecule has 11 nitrogen and oxygen atoms in total. The van der Waals surface area contributed by atoms with Crippen molar-refractivity contribution in [1.82, 2.24) is 34.8 Å². The number of aromatic nitrogens is 6. The zero-order valence-electron chi connectivity index (χ0n) is 20.5. The highest BCUT2D eigenvalue weighted by atomic mass is 35.5. The Balaban J connectivity index is 1.20. The number of nitrogens with zero attached hydrogens (tertiary/aromatic N) is 7. The van der Waals surface area contributed by atoms with Crippen molar-refractivity contribution in [2.75, 3.05) is 23.7 Å². The summed E-state index contributed by atoms with van der Waals surface area (Å²) in [5, 5.41) is 28.6. The molecule has 1 saturated heterocycles. The van der Waals surface area contributed by atoms with Gasteiger partial charge in [0.15, 0.2) is 10.8 Å². The van der Waals surface area contributed by atoms with Crippen LogP contribution in [-0.4, -0.2) is 59.9 Å². The van der Waals surface area contributed by atoms with E-state index in [1.807, 2.05) is 17.0 Å². The van der Waals surface area contributed by atoms with Gasteiger partial charge in [-0.15, -0.1) is 0 Å². The van der Waals surface area contributed by atoms with E-state index < -0.39 is 0 Å². The predicted octanol–water partition coefficient (Wildman–Crippen LogP) is 4.32. The van der Waals surface area contributed by atoms with Gasteiger partial charge in [-0.05, 0) is 44.4 Å². The third kappa shape index (κ3) is 5.11. The molecular formula is C25H29ClN10O. The van der Waals surface area contributed by atoms with Gasteiger partial charge >= 0.3 is 0 Å². The van der Waals surface area contributed by atoms with Gasteiger partial charge in [-0.1, -0.05) is 30.5 Å². The standard InChI is InChI=1S/C25H29ClN10O/c26-21-20-22(31-25(32-23(20)34-33-21)30-18-12-28-36(14-18)19-7-8-19)29-17-6-3-9-35(13-17)24(37)16(11-27)10-15-4-1-2-5-15/h10,12,14-15,17,19H,1-9,13H2,(H3,29,30,31,32,33,34)/b16-10+. The predicted molar refractivity (Wildman–Crippen MR) is 139 cm³/mol. The Hall–Kier alpha value is -3.65. The summed E-state index contributed by atoms with van der Waals surface area (Å²) >= 11 is 6.37. The van der Waals surface area contributed by atoms with Crippen LogP contribution in [0.2, 0.25) is 5.15 Å². The van der Waals surface area contributed by atoms with Gasteiger partial charge in [0, 0.05) is 25.3 Å². The van der Waals surface area contributed by atoms with Crippen molar-refractivity contribution in [3.63, 3.8) is 0 Å². The Morgan fingerprint density at radius 3 is 2.81 bits per heavy atom. The van der Waals surface area contributed by atoms with Crippen LogP contribution in [0.1, 0.15) is 57.4 Å². The number of carbonyl (C=O) groups excluding carboxylic acids is 1. The van der Waals surface area contributed by atoms with E-state index >= 15 is 0 Å². The fourth-order valence-corrected chi connectivity index (χ4v) is 5.51. The number of halogens is 1. The monoisotopic (exact) mass is 520 g/mol. The van der Waals surface area contributed by atoms with Gasteiger partial charge in [-0.25, -0.2) is 0 Å². The molecule has 1 amide bonds. The molecule has 3 fully saturated rings. The maximum Gasteiger partial charge on any atom is 0.264 e. The van der Waals surface area contributed by atoms with Crippen molar-refractivity contribution >= 4 is 46.0 Å². The molecule has 2 aliphatic carbocycles. The molecule has 3 aromatic heterocycles. The number of likely N-dealkylation sites (tertiary alicyclic amines) is 1. The summed E-state index contributed by atoms with van der Waals surface area (Å²) in [7, 11) is 0. The maximum atomic E-state index is 13.2. The summed E-state index contributed by atoms with van der Waals surface area (Å²) in [6, 6.07) is 2.57. The quantitative estimate of drug-likeness (QED) is 0.309. The molecule has 192 valence electrons. The third-order valence-electron chi connectivity index (χ3n) is 7.36. The van der Waals surface area contributed by atoms with Crippen LogP contribution < -0.4 is 10.6 Å². The van der Waals surface area contributed by atoms with Crippen molar-refractivity contribution in [2.24, 2.45) is 5.92 Å². The fourth-order valence-electron chi connectivity index (χ4n) is 5.29. The first-order valence-electron chi connectivity index (χ1n) is 13.0. The van der Waals surface area contributed by atoms with Gasteiger partial charge in [-0.2, -0.15) is 25.4 Å². The average molecular weight is 521 g/mol. The van der Waals surface area contributed by atoms with E-state index in [2.05, 4.69) is 37.0 Å². The highest BCUT2D eigenvalue weighted by Crippen LogP contribution is 2.35. The second-order valence-electron chi connectivity index (χ2n) is 10.2. The van der Waals surface area contributed by atoms with Crippen LogP contribution in [-0.2, 0) is 4.79 Å². The normalized spacial score (nSPS) is 20.8. The lowest BCUT2D eigenvalue weighted by molar-refractivity contribution is -0.127. The minimum Gasteiger partial charge on any atom is -0.365 e. The number of nitriles is 1. The number of piperidine rings is 1. The minimum absolute atomic E-state index is 0.0568. The fraction of sp³-hybridized carbons (Fsp3) is 0.520. The number of allylic oxidation sites excluding steroid dienone is 1. The maximum absolute atomic E-state index is 13.2. The SMILES string of the molecule is N#C/C(=C\C1CCCC1)C(=O)N1CCCC(Nc2nc(Nc3cnn(C4CC4)c3)nc3[nH]nc(Cl)c23)C1. The second-order valence-corrected chi connectivity index (χ2v) is 10.5. The van der Waals surface area contributed by atoms with Gasteiger partial charge in [0.25, 0.3) is 5.91 Å². The molecule has 6 rings (SSSR count). The number of anilines is 3. The molecule has 37 heavy (non-hydrogen) atoms. The van der Waals surface area contributed by atoms with Crippen LogP contribution in [0.25, 0.3) is 11.0 Å². The second kappa shape index (κ2) is 10.0. The van der Waals surface area contributed by atoms with Gasteiger partial charge in [0.1, 0.15) is 22.8 Å². The topological polar surface area (TPSA) is 140 Å². The lowest BCUT2D eigenvalue weighted by atomic mass is 10.0. The number of fused-ring (bicyclic) bond motifs is 1. The van der Waals surface area contributed by atoms with Crippen molar-refractivity contribution in [1.29, 1.82) is 5.26 Å². The first kappa shape index (κ1) is 23.7. The zero-order valence-corrected chi connectivity index (χ0v) is 21.2. The van der Waals surface area contributed by atoms with Crippen molar-refractivity contribution < 1.29 is 4.79 Å². The van der Waals surface area contributed by atoms with Crippen molar-refractivity contribution in [2.45, 2.75) is 63.5 Å². The number of carbonyl (C=O) groups is 1. The summed E-state index contributed by atoms with van der Waals surface area (Å²) in [6.07, 6.45) is 14.0. The van der Waals surface area contributed by atoms with Crippen molar-refractivity contribution in [3.8, 4) is 6.07 Å². The first-order valence-corrected chi connectivity index (χ1v) is 13.4. The van der Waals surface area contributed by atoms with Crippen molar-refractivity contribution in [3.05, 3.63) is 29.2 Å². The molecule has 12 heteroatoms. The lowest BCUT2D eigenvalue weighted by Crippen LogP contribution is -2.45. The molecule has 1 atom stereocenters. The largest absolute Gasteiger partial charge is 0.365 e. The van der Waals surface area contributed by atoms with Gasteiger partial charge in [0.2, 0.25) is 5.95 Å². The highest BCUT2D eigenvalue weighted by molar-refractivity contribution is 6.35. The van der Waals surface area contributed by atoms with Crippen LogP contribution in [0.3, 0.4) is 0 Å². The Morgan fingerprint density at radius 1 is 1.19 bits per heavy atom. The molecule has 3 aromatic rings. The van der Waals surface area contributed by atoms with Crippen LogP contribution in [0.15, 0.2) is 24.0 Å². The Labute approximate surface area is 219 Å². The number of aromatic amines is 1. The van der Waals surface area contributed by atoms with Crippen LogP contribution in [0, 0.1) is 17.2 Å². The molecule has 1 unspecified atom stereocenters. The highest BCUT2D eigenvalue weighted by Gasteiger charge is 2.28. The van der Waals surface area contributed by atoms with E-state index in [-0.39, 0.29) is 22.7 Å². The van der Waals surface area contributed by atoms with Gasteiger partial charge in [0.05, 0.1) is 17.9 Å². The minimum atomic E-state index is -0.190. The molecular weight excluding hydrogens is 492 g/mol. The molecule has 4 heterocycles. The first-order chi connectivity index (χ1) is 18.1. The van der Waals surface area contributed by atoms with Gasteiger partial charge < -0.3 is 15.5 Å². The third-order valence-corrected chi connectivity index (χ3v) is 7.63. The number of nitrogens with one attached hydrogen (secondary N) is 3. The Bertz CT molecular complexity index is 1380. The average Bonchev–Trinajstić information content (AvgIpc) is 3.25. The lowest BCUT2D eigenvalue weighted by Gasteiger charge is -2.33. The van der Waals surface area contributed by atoms with E-state index in [4.69, 9.17) is 16.6 Å². The smallest absolute Gasteiger partial charge is 0.264 e. The molecule has 0 aromatic carbocycles. The Kier molecular flexibility index (Phi) is 6.42. The number of rotatable bonds is 7. The molecule has 3 N–H and O–H groups in total. The number of hydrogen-bond acceptors (Lipinski definition) is 8. The van der Waals surface area contributed by atoms with E-state index in [9.17, 15) is 10.1 Å². The molecule has 0 spiro atoms. The number of H-pyrrole nitrogens is 1. The van der Waals surface area contributed by atoms with Crippen LogP contribution in [0.4, 0.5) is 17.5 Å². The van der Waals surface area contributed by atoms with E-state index in [1.165, 1.54) is 0 Å². The summed E-state index contributed by atoms with van der Waals surface area (Å²) in [5.41, 5.74) is 1.57. The summed E-state index contributed by atoms with van der Waals surface area (Å²) in [5.74, 6) is 1.07. The summed E-state index contributed by atoms with van der Waals surface area (Å²) in [6.45, 7) is 1.10. The van der Waals surface area contributed by atoms with E-state index in [0.29, 0.717) is 47.8 Å². The Morgan fingerprint density at radius 2 is 2.03 bits per heavy atom. The number of amides is 1. The number of hydrogen-bond donors (Lipinski definition) is 3. The van der Waals surface area contributed by atoms with Crippen LogP contribution >= 0.6 is 11.6 Å².